The summed E-state index contributed by atoms with van der Waals surface area (Å²) in [5.74, 6) is 0.715. The molecular weight excluding hydrogens is 290 g/mol. The fourth-order valence-electron chi connectivity index (χ4n) is 2.94. The van der Waals surface area contributed by atoms with E-state index in [0.717, 1.165) is 26.1 Å². The summed E-state index contributed by atoms with van der Waals surface area (Å²) in [5, 5.41) is 0. The Hall–Kier alpha value is -1.78. The number of ether oxygens (including phenoxy) is 1. The van der Waals surface area contributed by atoms with Crippen LogP contribution in [-0.2, 0) is 4.74 Å². The van der Waals surface area contributed by atoms with Crippen molar-refractivity contribution in [2.24, 2.45) is 0 Å². The summed E-state index contributed by atoms with van der Waals surface area (Å²) in [5.41, 5.74) is 2.10. The summed E-state index contributed by atoms with van der Waals surface area (Å²) in [7, 11) is 0. The van der Waals surface area contributed by atoms with Crippen molar-refractivity contribution in [2.45, 2.75) is 51.6 Å². The largest absolute Gasteiger partial charge is 0.444 e. The van der Waals surface area contributed by atoms with Gasteiger partial charge >= 0.3 is 6.09 Å². The lowest BCUT2D eigenvalue weighted by Gasteiger charge is -2.27. The maximum atomic E-state index is 12.2. The second-order valence-corrected chi connectivity index (χ2v) is 7.56. The Morgan fingerprint density at radius 3 is 2.65 bits per heavy atom. The molecule has 0 aromatic carbocycles. The van der Waals surface area contributed by atoms with Gasteiger partial charge in [-0.3, -0.25) is 4.98 Å². The Morgan fingerprint density at radius 1 is 1.17 bits per heavy atom. The van der Waals surface area contributed by atoms with Gasteiger partial charge < -0.3 is 14.5 Å². The molecule has 1 saturated carbocycles. The summed E-state index contributed by atoms with van der Waals surface area (Å²) < 4.78 is 5.49. The summed E-state index contributed by atoms with van der Waals surface area (Å²) >= 11 is 0. The number of anilines is 1. The van der Waals surface area contributed by atoms with Crippen LogP contribution in [0.1, 0.15) is 51.5 Å². The molecule has 0 atom stereocenters. The third-order valence-electron chi connectivity index (χ3n) is 4.31. The smallest absolute Gasteiger partial charge is 0.410 e. The van der Waals surface area contributed by atoms with Gasteiger partial charge in [0.2, 0.25) is 0 Å². The first kappa shape index (κ1) is 16.1. The second kappa shape index (κ2) is 6.38. The van der Waals surface area contributed by atoms with E-state index in [2.05, 4.69) is 16.0 Å². The molecule has 5 nitrogen and oxygen atoms in total. The highest BCUT2D eigenvalue weighted by atomic mass is 16.6. The molecule has 1 aromatic heterocycles. The molecule has 1 aliphatic heterocycles. The van der Waals surface area contributed by atoms with E-state index in [9.17, 15) is 4.79 Å². The van der Waals surface area contributed by atoms with Crippen LogP contribution in [0.3, 0.4) is 0 Å². The number of hydrogen-bond donors (Lipinski definition) is 0. The molecule has 0 bridgehead atoms. The number of hydrogen-bond acceptors (Lipinski definition) is 4. The van der Waals surface area contributed by atoms with E-state index in [1.54, 1.807) is 0 Å². The molecule has 2 fully saturated rings. The van der Waals surface area contributed by atoms with Gasteiger partial charge in [0.25, 0.3) is 0 Å². The summed E-state index contributed by atoms with van der Waals surface area (Å²) in [6.45, 7) is 8.95. The first-order chi connectivity index (χ1) is 10.9. The molecule has 2 aliphatic rings. The van der Waals surface area contributed by atoms with Crippen molar-refractivity contribution in [3.8, 4) is 0 Å². The van der Waals surface area contributed by atoms with Gasteiger partial charge in [0.15, 0.2) is 0 Å². The molecule has 23 heavy (non-hydrogen) atoms. The molecule has 126 valence electrons. The summed E-state index contributed by atoms with van der Waals surface area (Å²) in [6, 6.07) is 2.27. The predicted molar refractivity (Wildman–Crippen MR) is 90.8 cm³/mol. The zero-order chi connectivity index (χ0) is 16.4. The van der Waals surface area contributed by atoms with E-state index in [0.29, 0.717) is 12.5 Å². The maximum absolute atomic E-state index is 12.2. The van der Waals surface area contributed by atoms with Gasteiger partial charge in [-0.25, -0.2) is 4.79 Å². The zero-order valence-corrected chi connectivity index (χ0v) is 14.4. The van der Waals surface area contributed by atoms with Crippen LogP contribution in [0, 0.1) is 0 Å². The number of amides is 1. The van der Waals surface area contributed by atoms with Crippen molar-refractivity contribution in [3.05, 3.63) is 24.0 Å². The molecule has 0 spiro atoms. The van der Waals surface area contributed by atoms with E-state index in [1.807, 2.05) is 38.1 Å². The predicted octanol–water partition coefficient (Wildman–Crippen LogP) is 3.41. The standard InChI is InChI=1S/C18H27N3O2/c1-18(2,3)23-17(22)21-8-4-7-20(9-10-21)16-11-15(12-19-13-16)14-5-6-14/h11-14H,4-10H2,1-3H3. The van der Waals surface area contributed by atoms with Crippen LogP contribution in [0.2, 0.25) is 0 Å². The minimum Gasteiger partial charge on any atom is -0.444 e. The monoisotopic (exact) mass is 317 g/mol. The summed E-state index contributed by atoms with van der Waals surface area (Å²) in [4.78, 5) is 20.8. The molecule has 1 saturated heterocycles. The lowest BCUT2D eigenvalue weighted by atomic mass is 10.2. The Labute approximate surface area is 138 Å². The molecule has 2 heterocycles. The van der Waals surface area contributed by atoms with Gasteiger partial charge in [-0.2, -0.15) is 0 Å². The molecule has 1 amide bonds. The van der Waals surface area contributed by atoms with Gasteiger partial charge in [0.05, 0.1) is 11.9 Å². The lowest BCUT2D eigenvalue weighted by Crippen LogP contribution is -2.39. The molecule has 0 unspecified atom stereocenters. The highest BCUT2D eigenvalue weighted by molar-refractivity contribution is 5.68. The Bertz CT molecular complexity index is 564. The van der Waals surface area contributed by atoms with Crippen LogP contribution < -0.4 is 4.90 Å². The van der Waals surface area contributed by atoms with Gasteiger partial charge in [0, 0.05) is 32.4 Å². The van der Waals surface area contributed by atoms with Crippen LogP contribution in [0.15, 0.2) is 18.5 Å². The van der Waals surface area contributed by atoms with Crippen molar-refractivity contribution in [2.75, 3.05) is 31.1 Å². The van der Waals surface area contributed by atoms with E-state index in [1.165, 1.54) is 24.1 Å². The summed E-state index contributed by atoms with van der Waals surface area (Å²) in [6.07, 6.45) is 7.26. The SMILES string of the molecule is CC(C)(C)OC(=O)N1CCCN(c2cncc(C3CC3)c2)CC1. The van der Waals surface area contributed by atoms with Crippen LogP contribution in [0.25, 0.3) is 0 Å². The third-order valence-corrected chi connectivity index (χ3v) is 4.31. The molecule has 0 N–H and O–H groups in total. The molecule has 3 rings (SSSR count). The Morgan fingerprint density at radius 2 is 1.96 bits per heavy atom. The first-order valence-electron chi connectivity index (χ1n) is 8.60. The van der Waals surface area contributed by atoms with Crippen molar-refractivity contribution in [1.29, 1.82) is 0 Å². The minimum absolute atomic E-state index is 0.204. The average Bonchev–Trinajstić information content (AvgIpc) is 3.32. The van der Waals surface area contributed by atoms with Gasteiger partial charge in [-0.15, -0.1) is 0 Å². The Balaban J connectivity index is 1.62. The van der Waals surface area contributed by atoms with Crippen LogP contribution >= 0.6 is 0 Å². The fraction of sp³-hybridized carbons (Fsp3) is 0.667. The van der Waals surface area contributed by atoms with Crippen molar-refractivity contribution in [3.63, 3.8) is 0 Å². The van der Waals surface area contributed by atoms with E-state index >= 15 is 0 Å². The van der Waals surface area contributed by atoms with Gasteiger partial charge in [-0.05, 0) is 57.6 Å². The number of rotatable bonds is 2. The second-order valence-electron chi connectivity index (χ2n) is 7.56. The minimum atomic E-state index is -0.439. The first-order valence-corrected chi connectivity index (χ1v) is 8.60. The molecule has 5 heteroatoms. The Kier molecular flexibility index (Phi) is 4.46. The number of carbonyl (C=O) groups excluding carboxylic acids is 1. The van der Waals surface area contributed by atoms with E-state index in [4.69, 9.17) is 4.74 Å². The molecule has 1 aromatic rings. The average molecular weight is 317 g/mol. The normalized spacial score (nSPS) is 19.4. The lowest BCUT2D eigenvalue weighted by molar-refractivity contribution is 0.0263. The topological polar surface area (TPSA) is 45.7 Å². The van der Waals surface area contributed by atoms with Gasteiger partial charge in [0.1, 0.15) is 5.60 Å². The maximum Gasteiger partial charge on any atom is 0.410 e. The number of carbonyl (C=O) groups is 1. The third kappa shape index (κ3) is 4.36. The number of aromatic nitrogens is 1. The van der Waals surface area contributed by atoms with E-state index < -0.39 is 5.60 Å². The van der Waals surface area contributed by atoms with E-state index in [-0.39, 0.29) is 6.09 Å². The van der Waals surface area contributed by atoms with Crippen molar-refractivity contribution >= 4 is 11.8 Å². The zero-order valence-electron chi connectivity index (χ0n) is 14.4. The highest BCUT2D eigenvalue weighted by Gasteiger charge is 2.26. The molecular formula is C18H27N3O2. The van der Waals surface area contributed by atoms with Crippen molar-refractivity contribution < 1.29 is 9.53 Å². The quantitative estimate of drug-likeness (QED) is 0.838. The van der Waals surface area contributed by atoms with Crippen LogP contribution in [0.5, 0.6) is 0 Å². The van der Waals surface area contributed by atoms with Gasteiger partial charge in [-0.1, -0.05) is 0 Å². The van der Waals surface area contributed by atoms with Crippen LogP contribution in [0.4, 0.5) is 10.5 Å². The number of nitrogens with zero attached hydrogens (tertiary/aromatic N) is 3. The van der Waals surface area contributed by atoms with Crippen LogP contribution in [-0.4, -0.2) is 47.8 Å². The molecule has 0 radical (unpaired) electrons. The highest BCUT2D eigenvalue weighted by Crippen LogP contribution is 2.40. The fourth-order valence-corrected chi connectivity index (χ4v) is 2.94. The van der Waals surface area contributed by atoms with Crippen molar-refractivity contribution in [1.82, 2.24) is 9.88 Å². The molecule has 1 aliphatic carbocycles. The number of pyridine rings is 1.